The van der Waals surface area contributed by atoms with Crippen LogP contribution in [0, 0.1) is 11.2 Å². The van der Waals surface area contributed by atoms with Crippen LogP contribution in [-0.2, 0) is 9.47 Å². The SMILES string of the molecule is CC1(CNc2nc(-c3cc(NC4CCC(NCCOC(F)(F)F)CC4)ncc3Cl)ccc2F)CCOCC1. The van der Waals surface area contributed by atoms with Crippen LogP contribution in [0.25, 0.3) is 11.3 Å². The highest BCUT2D eigenvalue weighted by molar-refractivity contribution is 6.33. The maximum absolute atomic E-state index is 14.6. The van der Waals surface area contributed by atoms with Crippen molar-refractivity contribution < 1.29 is 27.0 Å². The number of rotatable bonds is 10. The van der Waals surface area contributed by atoms with Crippen LogP contribution in [0.15, 0.2) is 24.4 Å². The van der Waals surface area contributed by atoms with E-state index < -0.39 is 18.8 Å². The van der Waals surface area contributed by atoms with Crippen molar-refractivity contribution in [2.24, 2.45) is 5.41 Å². The first-order valence-electron chi connectivity index (χ1n) is 12.9. The third-order valence-corrected chi connectivity index (χ3v) is 7.54. The lowest BCUT2D eigenvalue weighted by atomic mass is 9.82. The lowest BCUT2D eigenvalue weighted by Gasteiger charge is -2.33. The average Bonchev–Trinajstić information content (AvgIpc) is 2.88. The molecule has 1 aliphatic heterocycles. The summed E-state index contributed by atoms with van der Waals surface area (Å²) in [5.41, 5.74) is 1.19. The van der Waals surface area contributed by atoms with E-state index in [2.05, 4.69) is 37.6 Å². The second-order valence-electron chi connectivity index (χ2n) is 10.3. The van der Waals surface area contributed by atoms with Gasteiger partial charge in [-0.05, 0) is 62.1 Å². The van der Waals surface area contributed by atoms with Gasteiger partial charge in [-0.25, -0.2) is 14.4 Å². The number of hydrogen-bond acceptors (Lipinski definition) is 7. The lowest BCUT2D eigenvalue weighted by molar-refractivity contribution is -0.323. The first-order chi connectivity index (χ1) is 18.1. The highest BCUT2D eigenvalue weighted by atomic mass is 35.5. The number of pyridine rings is 2. The zero-order chi connectivity index (χ0) is 27.2. The van der Waals surface area contributed by atoms with Crippen molar-refractivity contribution >= 4 is 23.2 Å². The molecule has 210 valence electrons. The number of halogens is 5. The molecule has 1 saturated carbocycles. The van der Waals surface area contributed by atoms with Crippen LogP contribution in [-0.4, -0.2) is 61.3 Å². The molecule has 2 aliphatic rings. The summed E-state index contributed by atoms with van der Waals surface area (Å²) in [5.74, 6) is 0.391. The lowest BCUT2D eigenvalue weighted by Crippen LogP contribution is -2.39. The summed E-state index contributed by atoms with van der Waals surface area (Å²) in [6, 6.07) is 5.11. The number of alkyl halides is 3. The Morgan fingerprint density at radius 1 is 1.13 bits per heavy atom. The molecule has 2 aromatic rings. The fourth-order valence-electron chi connectivity index (χ4n) is 4.85. The second kappa shape index (κ2) is 12.8. The molecule has 7 nitrogen and oxygen atoms in total. The van der Waals surface area contributed by atoms with Gasteiger partial charge in [-0.15, -0.1) is 13.2 Å². The molecular formula is C26H34ClF4N5O2. The number of nitrogens with zero attached hydrogens (tertiary/aromatic N) is 2. The predicted molar refractivity (Wildman–Crippen MR) is 139 cm³/mol. The van der Waals surface area contributed by atoms with Crippen LogP contribution in [0.1, 0.15) is 45.4 Å². The van der Waals surface area contributed by atoms with Gasteiger partial charge in [0.25, 0.3) is 0 Å². The Kier molecular flexibility index (Phi) is 9.67. The highest BCUT2D eigenvalue weighted by Crippen LogP contribution is 2.33. The fourth-order valence-corrected chi connectivity index (χ4v) is 5.05. The molecule has 3 heterocycles. The van der Waals surface area contributed by atoms with Crippen molar-refractivity contribution in [3.63, 3.8) is 0 Å². The van der Waals surface area contributed by atoms with Gasteiger partial charge in [-0.2, -0.15) is 0 Å². The standard InChI is InChI=1S/C26H34ClF4N5O2/c1-25(8-11-37-12-9-25)16-34-24-21(28)6-7-22(36-24)19-14-23(33-15-20(19)27)35-18-4-2-17(3-5-18)32-10-13-38-26(29,30)31/h6-7,14-15,17-18,32H,2-5,8-13,16H2,1H3,(H,33,35)(H,34,36). The van der Waals surface area contributed by atoms with E-state index in [-0.39, 0.29) is 29.9 Å². The molecular weight excluding hydrogens is 526 g/mol. The minimum Gasteiger partial charge on any atom is -0.381 e. The van der Waals surface area contributed by atoms with Crippen LogP contribution in [0.5, 0.6) is 0 Å². The molecule has 3 N–H and O–H groups in total. The zero-order valence-electron chi connectivity index (χ0n) is 21.3. The van der Waals surface area contributed by atoms with E-state index in [1.54, 1.807) is 12.3 Å². The Bertz CT molecular complexity index is 1060. The molecule has 2 fully saturated rings. The van der Waals surface area contributed by atoms with Gasteiger partial charge in [0.05, 0.1) is 17.3 Å². The fraction of sp³-hybridized carbons (Fsp3) is 0.615. The van der Waals surface area contributed by atoms with Crippen LogP contribution in [0.4, 0.5) is 29.2 Å². The monoisotopic (exact) mass is 559 g/mol. The van der Waals surface area contributed by atoms with Gasteiger partial charge in [-0.1, -0.05) is 18.5 Å². The predicted octanol–water partition coefficient (Wildman–Crippen LogP) is 6.01. The zero-order valence-corrected chi connectivity index (χ0v) is 22.1. The Hall–Kier alpha value is -2.21. The molecule has 0 amide bonds. The molecule has 12 heteroatoms. The molecule has 0 spiro atoms. The van der Waals surface area contributed by atoms with Crippen molar-refractivity contribution in [1.82, 2.24) is 15.3 Å². The maximum Gasteiger partial charge on any atom is 0.522 e. The summed E-state index contributed by atoms with van der Waals surface area (Å²) >= 11 is 6.45. The molecule has 0 unspecified atom stereocenters. The summed E-state index contributed by atoms with van der Waals surface area (Å²) in [6.07, 6.45) is 2.07. The van der Waals surface area contributed by atoms with E-state index in [0.29, 0.717) is 41.9 Å². The first-order valence-corrected chi connectivity index (χ1v) is 13.3. The van der Waals surface area contributed by atoms with Gasteiger partial charge >= 0.3 is 6.36 Å². The summed E-state index contributed by atoms with van der Waals surface area (Å²) in [5, 5.41) is 10.1. The van der Waals surface area contributed by atoms with Crippen LogP contribution >= 0.6 is 11.6 Å². The molecule has 0 aromatic carbocycles. The van der Waals surface area contributed by atoms with Crippen molar-refractivity contribution in [3.05, 3.63) is 35.2 Å². The van der Waals surface area contributed by atoms with Gasteiger partial charge in [0, 0.05) is 50.1 Å². The van der Waals surface area contributed by atoms with Crippen LogP contribution < -0.4 is 16.0 Å². The molecule has 4 rings (SSSR count). The van der Waals surface area contributed by atoms with Gasteiger partial charge in [0.1, 0.15) is 5.82 Å². The van der Waals surface area contributed by atoms with E-state index in [4.69, 9.17) is 16.3 Å². The van der Waals surface area contributed by atoms with Crippen molar-refractivity contribution in [2.75, 3.05) is 43.5 Å². The minimum atomic E-state index is -4.60. The smallest absolute Gasteiger partial charge is 0.381 e. The largest absolute Gasteiger partial charge is 0.522 e. The second-order valence-corrected chi connectivity index (χ2v) is 10.7. The van der Waals surface area contributed by atoms with E-state index >= 15 is 0 Å². The number of ether oxygens (including phenoxy) is 2. The van der Waals surface area contributed by atoms with Gasteiger partial charge in [0.15, 0.2) is 11.6 Å². The molecule has 0 atom stereocenters. The molecule has 1 aliphatic carbocycles. The number of aromatic nitrogens is 2. The Balaban J connectivity index is 1.33. The first kappa shape index (κ1) is 28.8. The Morgan fingerprint density at radius 3 is 2.55 bits per heavy atom. The molecule has 2 aromatic heterocycles. The van der Waals surface area contributed by atoms with Gasteiger partial charge in [-0.3, -0.25) is 4.74 Å². The highest BCUT2D eigenvalue weighted by Gasteiger charge is 2.29. The van der Waals surface area contributed by atoms with E-state index in [0.717, 1.165) is 38.5 Å². The van der Waals surface area contributed by atoms with E-state index in [1.165, 1.54) is 6.07 Å². The third-order valence-electron chi connectivity index (χ3n) is 7.24. The van der Waals surface area contributed by atoms with Gasteiger partial charge < -0.3 is 20.7 Å². The summed E-state index contributed by atoms with van der Waals surface area (Å²) in [4.78, 5) is 8.92. The quantitative estimate of drug-likeness (QED) is 0.243. The normalized spacial score (nSPS) is 21.7. The minimum absolute atomic E-state index is 0.0130. The van der Waals surface area contributed by atoms with Crippen LogP contribution in [0.2, 0.25) is 5.02 Å². The molecule has 0 bridgehead atoms. The van der Waals surface area contributed by atoms with Crippen molar-refractivity contribution in [1.29, 1.82) is 0 Å². The average molecular weight is 560 g/mol. The van der Waals surface area contributed by atoms with Gasteiger partial charge in [0.2, 0.25) is 0 Å². The Morgan fingerprint density at radius 2 is 1.84 bits per heavy atom. The van der Waals surface area contributed by atoms with Crippen molar-refractivity contribution in [3.8, 4) is 11.3 Å². The summed E-state index contributed by atoms with van der Waals surface area (Å²) in [6.45, 7) is 3.90. The Labute approximate surface area is 225 Å². The van der Waals surface area contributed by atoms with Crippen LogP contribution in [0.3, 0.4) is 0 Å². The topological polar surface area (TPSA) is 80.3 Å². The molecule has 1 saturated heterocycles. The molecule has 38 heavy (non-hydrogen) atoms. The third kappa shape index (κ3) is 8.39. The van der Waals surface area contributed by atoms with E-state index in [9.17, 15) is 17.6 Å². The molecule has 0 radical (unpaired) electrons. The van der Waals surface area contributed by atoms with E-state index in [1.807, 2.05) is 6.07 Å². The summed E-state index contributed by atoms with van der Waals surface area (Å²) < 4.78 is 60.1. The number of anilines is 2. The number of hydrogen-bond donors (Lipinski definition) is 3. The van der Waals surface area contributed by atoms with Crippen molar-refractivity contribution in [2.45, 2.75) is 63.9 Å². The summed E-state index contributed by atoms with van der Waals surface area (Å²) in [7, 11) is 0. The maximum atomic E-state index is 14.6. The number of nitrogens with one attached hydrogen (secondary N) is 3.